The molecule has 0 radical (unpaired) electrons. The maximum Gasteiger partial charge on any atom is 0.117 e. The van der Waals surface area contributed by atoms with Crippen LogP contribution < -0.4 is 5.32 Å². The Bertz CT molecular complexity index is 376. The second kappa shape index (κ2) is 7.08. The van der Waals surface area contributed by atoms with Gasteiger partial charge in [0.25, 0.3) is 0 Å². The molecule has 1 saturated carbocycles. The molecule has 1 heterocycles. The van der Waals surface area contributed by atoms with Crippen molar-refractivity contribution in [2.75, 3.05) is 40.4 Å². The van der Waals surface area contributed by atoms with Crippen LogP contribution in [0, 0.1) is 5.92 Å². The van der Waals surface area contributed by atoms with Crippen LogP contribution in [-0.2, 0) is 11.3 Å². The number of nitrogens with zero attached hydrogens (tertiary/aromatic N) is 1. The van der Waals surface area contributed by atoms with Crippen LogP contribution in [0.15, 0.2) is 16.5 Å². The second-order valence-corrected chi connectivity index (χ2v) is 5.72. The van der Waals surface area contributed by atoms with E-state index < -0.39 is 0 Å². The predicted molar refractivity (Wildman–Crippen MR) is 76.3 cm³/mol. The highest BCUT2D eigenvalue weighted by Gasteiger charge is 2.36. The summed E-state index contributed by atoms with van der Waals surface area (Å²) in [6.07, 6.45) is 1.28. The normalized spacial score (nSPS) is 22.1. The van der Waals surface area contributed by atoms with Crippen molar-refractivity contribution in [3.05, 3.63) is 23.7 Å². The second-order valence-electron chi connectivity index (χ2n) is 5.72. The van der Waals surface area contributed by atoms with E-state index in [2.05, 4.69) is 43.4 Å². The molecule has 1 aromatic heterocycles. The third kappa shape index (κ3) is 4.97. The zero-order chi connectivity index (χ0) is 13.7. The zero-order valence-electron chi connectivity index (χ0n) is 12.3. The molecule has 0 amide bonds. The molecule has 0 spiro atoms. The van der Waals surface area contributed by atoms with Crippen LogP contribution in [0.3, 0.4) is 0 Å². The summed E-state index contributed by atoms with van der Waals surface area (Å²) >= 11 is 0. The maximum atomic E-state index is 5.83. The van der Waals surface area contributed by atoms with Crippen molar-refractivity contribution >= 4 is 0 Å². The molecule has 1 fully saturated rings. The van der Waals surface area contributed by atoms with E-state index in [4.69, 9.17) is 9.15 Å². The van der Waals surface area contributed by atoms with E-state index in [1.165, 1.54) is 6.42 Å². The number of furan rings is 1. The van der Waals surface area contributed by atoms with E-state index >= 15 is 0 Å². The van der Waals surface area contributed by atoms with Gasteiger partial charge < -0.3 is 19.4 Å². The molecule has 0 bridgehead atoms. The van der Waals surface area contributed by atoms with Crippen molar-refractivity contribution in [2.24, 2.45) is 5.92 Å². The average Bonchev–Trinajstić information content (AvgIpc) is 2.90. The molecule has 0 aliphatic heterocycles. The van der Waals surface area contributed by atoms with Crippen LogP contribution in [0.4, 0.5) is 0 Å². The topological polar surface area (TPSA) is 37.6 Å². The van der Waals surface area contributed by atoms with Crippen molar-refractivity contribution < 1.29 is 9.15 Å². The fourth-order valence-electron chi connectivity index (χ4n) is 2.11. The van der Waals surface area contributed by atoms with E-state index in [0.29, 0.717) is 5.92 Å². The number of nitrogens with one attached hydrogen (secondary N) is 1. The Morgan fingerprint density at radius 1 is 1.37 bits per heavy atom. The lowest BCUT2D eigenvalue weighted by molar-refractivity contribution is 0.119. The van der Waals surface area contributed by atoms with Crippen LogP contribution >= 0.6 is 0 Å². The number of hydrogen-bond acceptors (Lipinski definition) is 4. The van der Waals surface area contributed by atoms with E-state index in [-0.39, 0.29) is 0 Å². The molecular formula is C15H26N2O2. The van der Waals surface area contributed by atoms with Gasteiger partial charge in [-0.05, 0) is 38.6 Å². The molecule has 1 aliphatic carbocycles. The number of rotatable bonds is 9. The van der Waals surface area contributed by atoms with Crippen LogP contribution in [0.5, 0.6) is 0 Å². The van der Waals surface area contributed by atoms with Crippen molar-refractivity contribution in [3.8, 4) is 0 Å². The number of hydrogen-bond donors (Lipinski definition) is 1. The first-order valence-electron chi connectivity index (χ1n) is 7.18. The smallest absolute Gasteiger partial charge is 0.117 e. The van der Waals surface area contributed by atoms with Gasteiger partial charge in [-0.1, -0.05) is 6.92 Å². The molecule has 4 heteroatoms. The summed E-state index contributed by atoms with van der Waals surface area (Å²) in [6.45, 7) is 6.44. The Kier molecular flexibility index (Phi) is 5.43. The number of likely N-dealkylation sites (N-methyl/N-ethyl adjacent to an activating group) is 1. The molecular weight excluding hydrogens is 240 g/mol. The third-order valence-electron chi connectivity index (χ3n) is 3.56. The molecule has 2 unspecified atom stereocenters. The van der Waals surface area contributed by atoms with E-state index in [0.717, 1.165) is 50.3 Å². The molecule has 0 aromatic carbocycles. The lowest BCUT2D eigenvalue weighted by atomic mass is 10.3. The lowest BCUT2D eigenvalue weighted by Gasteiger charge is -2.09. The summed E-state index contributed by atoms with van der Waals surface area (Å²) in [5.74, 6) is 3.66. The van der Waals surface area contributed by atoms with Gasteiger partial charge in [-0.15, -0.1) is 0 Å². The predicted octanol–water partition coefficient (Wildman–Crippen LogP) is 2.07. The van der Waals surface area contributed by atoms with E-state index in [1.54, 1.807) is 0 Å². The van der Waals surface area contributed by atoms with Gasteiger partial charge in [-0.3, -0.25) is 0 Å². The van der Waals surface area contributed by atoms with E-state index in [9.17, 15) is 0 Å². The summed E-state index contributed by atoms with van der Waals surface area (Å²) in [4.78, 5) is 2.12. The lowest BCUT2D eigenvalue weighted by Crippen LogP contribution is -2.22. The van der Waals surface area contributed by atoms with Crippen LogP contribution in [-0.4, -0.2) is 45.3 Å². The average molecular weight is 266 g/mol. The third-order valence-corrected chi connectivity index (χ3v) is 3.56. The summed E-state index contributed by atoms with van der Waals surface area (Å²) < 4.78 is 11.3. The first-order chi connectivity index (χ1) is 9.16. The molecule has 2 atom stereocenters. The van der Waals surface area contributed by atoms with Crippen molar-refractivity contribution in [3.63, 3.8) is 0 Å². The van der Waals surface area contributed by atoms with E-state index in [1.807, 2.05) is 0 Å². The van der Waals surface area contributed by atoms with Gasteiger partial charge in [0.2, 0.25) is 0 Å². The van der Waals surface area contributed by atoms with Gasteiger partial charge in [-0.25, -0.2) is 0 Å². The summed E-state index contributed by atoms with van der Waals surface area (Å²) in [7, 11) is 4.10. The summed E-state index contributed by atoms with van der Waals surface area (Å²) in [6, 6.07) is 4.21. The van der Waals surface area contributed by atoms with Gasteiger partial charge in [0.1, 0.15) is 11.5 Å². The van der Waals surface area contributed by atoms with Crippen molar-refractivity contribution in [1.29, 1.82) is 0 Å². The summed E-state index contributed by atoms with van der Waals surface area (Å²) in [5, 5.41) is 3.34. The quantitative estimate of drug-likeness (QED) is 0.694. The van der Waals surface area contributed by atoms with Crippen LogP contribution in [0.1, 0.15) is 30.8 Å². The standard InChI is InChI=1S/C15H26N2O2/c1-12-10-14(12)15-5-4-13(19-15)11-16-6-8-18-9-7-17(2)3/h4-5,12,14,16H,6-11H2,1-3H3. The minimum Gasteiger partial charge on any atom is -0.464 e. The Balaban J connectivity index is 1.52. The zero-order valence-corrected chi connectivity index (χ0v) is 12.3. The van der Waals surface area contributed by atoms with Crippen molar-refractivity contribution in [2.45, 2.75) is 25.8 Å². The van der Waals surface area contributed by atoms with Gasteiger partial charge in [0.15, 0.2) is 0 Å². The van der Waals surface area contributed by atoms with Gasteiger partial charge in [-0.2, -0.15) is 0 Å². The van der Waals surface area contributed by atoms with Gasteiger partial charge in [0.05, 0.1) is 19.8 Å². The van der Waals surface area contributed by atoms with Crippen LogP contribution in [0.2, 0.25) is 0 Å². The minimum absolute atomic E-state index is 0.670. The Labute approximate surface area is 116 Å². The largest absolute Gasteiger partial charge is 0.464 e. The fraction of sp³-hybridized carbons (Fsp3) is 0.733. The van der Waals surface area contributed by atoms with Gasteiger partial charge in [0, 0.05) is 19.0 Å². The molecule has 4 nitrogen and oxygen atoms in total. The molecule has 2 rings (SSSR count). The molecule has 1 aliphatic rings. The molecule has 0 saturated heterocycles. The highest BCUT2D eigenvalue weighted by molar-refractivity contribution is 5.17. The Morgan fingerprint density at radius 2 is 2.16 bits per heavy atom. The summed E-state index contributed by atoms with van der Waals surface area (Å²) in [5.41, 5.74) is 0. The molecule has 19 heavy (non-hydrogen) atoms. The van der Waals surface area contributed by atoms with Gasteiger partial charge >= 0.3 is 0 Å². The monoisotopic (exact) mass is 266 g/mol. The van der Waals surface area contributed by atoms with Crippen LogP contribution in [0.25, 0.3) is 0 Å². The Hall–Kier alpha value is -0.840. The first-order valence-corrected chi connectivity index (χ1v) is 7.18. The first kappa shape index (κ1) is 14.6. The Morgan fingerprint density at radius 3 is 2.84 bits per heavy atom. The highest BCUT2D eigenvalue weighted by atomic mass is 16.5. The highest BCUT2D eigenvalue weighted by Crippen LogP contribution is 2.47. The molecule has 1 N–H and O–H groups in total. The fourth-order valence-corrected chi connectivity index (χ4v) is 2.11. The van der Waals surface area contributed by atoms with Crippen molar-refractivity contribution in [1.82, 2.24) is 10.2 Å². The molecule has 1 aromatic rings. The molecule has 108 valence electrons. The SMILES string of the molecule is CC1CC1c1ccc(CNCCOCCN(C)C)o1. The maximum absolute atomic E-state index is 5.83. The number of ether oxygens (including phenoxy) is 1. The minimum atomic E-state index is 0.670.